The van der Waals surface area contributed by atoms with Gasteiger partial charge in [-0.25, -0.2) is 0 Å². The number of carbonyl (C=O) groups excluding carboxylic acids is 1. The lowest BCUT2D eigenvalue weighted by Crippen LogP contribution is -2.53. The maximum absolute atomic E-state index is 12.5. The zero-order chi connectivity index (χ0) is 16.1. The summed E-state index contributed by atoms with van der Waals surface area (Å²) >= 11 is 1.49. The van der Waals surface area contributed by atoms with Crippen LogP contribution in [0.5, 0.6) is 0 Å². The van der Waals surface area contributed by atoms with Gasteiger partial charge >= 0.3 is 0 Å². The molecule has 0 atom stereocenters. The average Bonchev–Trinajstić information content (AvgIpc) is 3.10. The molecule has 0 radical (unpaired) electrons. The largest absolute Gasteiger partial charge is 0.368 e. The number of carbonyl (C=O) groups is 1. The minimum Gasteiger partial charge on any atom is -0.368 e. The Morgan fingerprint density at radius 2 is 2.00 bits per heavy atom. The van der Waals surface area contributed by atoms with Gasteiger partial charge in [-0.05, 0) is 25.9 Å². The Balaban J connectivity index is 0.00000208. The molecule has 130 valence electrons. The first kappa shape index (κ1) is 18.8. The zero-order valence-corrected chi connectivity index (χ0v) is 15.1. The van der Waals surface area contributed by atoms with Gasteiger partial charge in [0.1, 0.15) is 15.6 Å². The molecule has 0 saturated carbocycles. The van der Waals surface area contributed by atoms with Crippen LogP contribution in [-0.2, 0) is 16.1 Å². The molecule has 1 aromatic heterocycles. The van der Waals surface area contributed by atoms with Gasteiger partial charge < -0.3 is 15.4 Å². The van der Waals surface area contributed by atoms with E-state index in [2.05, 4.69) is 20.8 Å². The zero-order valence-electron chi connectivity index (χ0n) is 13.4. The van der Waals surface area contributed by atoms with Crippen LogP contribution in [0, 0.1) is 0 Å². The van der Waals surface area contributed by atoms with Gasteiger partial charge in [-0.3, -0.25) is 4.79 Å². The summed E-state index contributed by atoms with van der Waals surface area (Å²) < 4.78 is 5.52. The number of halogens is 1. The number of nitrogens with zero attached hydrogens (tertiary/aromatic N) is 2. The highest BCUT2D eigenvalue weighted by molar-refractivity contribution is 7.14. The smallest absolute Gasteiger partial charge is 0.252 e. The Morgan fingerprint density at radius 3 is 2.67 bits per heavy atom. The van der Waals surface area contributed by atoms with E-state index >= 15 is 0 Å². The van der Waals surface area contributed by atoms with Crippen molar-refractivity contribution in [3.05, 3.63) is 35.3 Å². The molecule has 1 aliphatic rings. The predicted octanol–water partition coefficient (Wildman–Crippen LogP) is 2.01. The Hall–Kier alpha value is -1.54. The topological polar surface area (TPSA) is 76.1 Å². The van der Waals surface area contributed by atoms with Crippen molar-refractivity contribution >= 4 is 29.7 Å². The van der Waals surface area contributed by atoms with Crippen molar-refractivity contribution in [1.82, 2.24) is 20.8 Å². The van der Waals surface area contributed by atoms with Crippen molar-refractivity contribution in [2.24, 2.45) is 0 Å². The molecule has 1 aromatic carbocycles. The fraction of sp³-hybridized carbons (Fsp3) is 0.438. The first-order valence-corrected chi connectivity index (χ1v) is 8.47. The summed E-state index contributed by atoms with van der Waals surface area (Å²) in [5, 5.41) is 16.2. The lowest BCUT2D eigenvalue weighted by atomic mass is 9.91. The van der Waals surface area contributed by atoms with E-state index in [0.29, 0.717) is 19.4 Å². The molecule has 2 heterocycles. The van der Waals surface area contributed by atoms with Gasteiger partial charge in [0.2, 0.25) is 0 Å². The second-order valence-electron chi connectivity index (χ2n) is 5.50. The van der Waals surface area contributed by atoms with Crippen LogP contribution in [0.3, 0.4) is 0 Å². The Bertz CT molecular complexity index is 659. The quantitative estimate of drug-likeness (QED) is 0.844. The van der Waals surface area contributed by atoms with Gasteiger partial charge in [0, 0.05) is 12.7 Å². The van der Waals surface area contributed by atoms with Gasteiger partial charge in [0.25, 0.3) is 5.91 Å². The fourth-order valence-electron chi connectivity index (χ4n) is 2.69. The Morgan fingerprint density at radius 1 is 1.29 bits per heavy atom. The molecule has 1 aliphatic heterocycles. The van der Waals surface area contributed by atoms with Crippen LogP contribution in [0.2, 0.25) is 0 Å². The Labute approximate surface area is 151 Å². The number of ether oxygens (including phenoxy) is 1. The van der Waals surface area contributed by atoms with Crippen LogP contribution in [-0.4, -0.2) is 41.9 Å². The number of rotatable bonds is 5. The van der Waals surface area contributed by atoms with Gasteiger partial charge in [0.05, 0.1) is 6.54 Å². The van der Waals surface area contributed by atoms with Crippen LogP contribution in [0.1, 0.15) is 17.8 Å². The molecule has 1 saturated heterocycles. The van der Waals surface area contributed by atoms with Gasteiger partial charge in [-0.2, -0.15) is 0 Å². The van der Waals surface area contributed by atoms with Gasteiger partial charge in [-0.15, -0.1) is 22.6 Å². The number of piperidine rings is 1. The second kappa shape index (κ2) is 8.53. The summed E-state index contributed by atoms with van der Waals surface area (Å²) in [5.41, 5.74) is 0.312. The summed E-state index contributed by atoms with van der Waals surface area (Å²) in [4.78, 5) is 12.5. The Kier molecular flexibility index (Phi) is 6.68. The van der Waals surface area contributed by atoms with Gasteiger partial charge in [0.15, 0.2) is 0 Å². The van der Waals surface area contributed by atoms with Gasteiger partial charge in [-0.1, -0.05) is 41.7 Å². The second-order valence-corrected chi connectivity index (χ2v) is 6.56. The third-order valence-corrected chi connectivity index (χ3v) is 5.08. The standard InChI is InChI=1S/C16H20N4O2S.ClH/c1-22-16(7-9-17-10-8-16)15(21)18-11-13-19-20-14(23-13)12-5-3-2-4-6-12;/h2-6,17H,7-11H2,1H3,(H,18,21);1H. The van der Waals surface area contributed by atoms with E-state index in [-0.39, 0.29) is 18.3 Å². The molecular weight excluding hydrogens is 348 g/mol. The molecule has 2 N–H and O–H groups in total. The minimum atomic E-state index is -0.724. The highest BCUT2D eigenvalue weighted by Crippen LogP contribution is 2.24. The van der Waals surface area contributed by atoms with E-state index in [0.717, 1.165) is 28.7 Å². The molecule has 1 fully saturated rings. The monoisotopic (exact) mass is 368 g/mol. The summed E-state index contributed by atoms with van der Waals surface area (Å²) in [6.07, 6.45) is 1.36. The summed E-state index contributed by atoms with van der Waals surface area (Å²) in [5.74, 6) is -0.0713. The predicted molar refractivity (Wildman–Crippen MR) is 96.3 cm³/mol. The van der Waals surface area contributed by atoms with E-state index in [9.17, 15) is 4.79 Å². The highest BCUT2D eigenvalue weighted by Gasteiger charge is 2.39. The van der Waals surface area contributed by atoms with E-state index in [4.69, 9.17) is 4.74 Å². The normalized spacial score (nSPS) is 16.2. The maximum Gasteiger partial charge on any atom is 0.252 e. The molecule has 0 bridgehead atoms. The van der Waals surface area contributed by atoms with E-state index < -0.39 is 5.60 Å². The number of benzene rings is 1. The first-order valence-electron chi connectivity index (χ1n) is 7.65. The molecule has 0 aliphatic carbocycles. The third-order valence-electron chi connectivity index (χ3n) is 4.10. The molecular formula is C16H21ClN4O2S. The number of aromatic nitrogens is 2. The molecule has 24 heavy (non-hydrogen) atoms. The van der Waals surface area contributed by atoms with Crippen molar-refractivity contribution in [2.75, 3.05) is 20.2 Å². The molecule has 6 nitrogen and oxygen atoms in total. The van der Waals surface area contributed by atoms with Crippen LogP contribution >= 0.6 is 23.7 Å². The van der Waals surface area contributed by atoms with E-state index in [1.54, 1.807) is 7.11 Å². The SMILES string of the molecule is COC1(C(=O)NCc2nnc(-c3ccccc3)s2)CCNCC1.Cl. The van der Waals surface area contributed by atoms with Crippen LogP contribution in [0.15, 0.2) is 30.3 Å². The van der Waals surface area contributed by atoms with Crippen molar-refractivity contribution in [3.63, 3.8) is 0 Å². The maximum atomic E-state index is 12.5. The lowest BCUT2D eigenvalue weighted by molar-refractivity contribution is -0.146. The molecule has 0 unspecified atom stereocenters. The summed E-state index contributed by atoms with van der Waals surface area (Å²) in [7, 11) is 1.60. The van der Waals surface area contributed by atoms with E-state index in [1.165, 1.54) is 11.3 Å². The average molecular weight is 369 g/mol. The summed E-state index contributed by atoms with van der Waals surface area (Å²) in [6, 6.07) is 9.90. The number of amides is 1. The van der Waals surface area contributed by atoms with Crippen molar-refractivity contribution in [1.29, 1.82) is 0 Å². The molecule has 2 aromatic rings. The van der Waals surface area contributed by atoms with Crippen LogP contribution in [0.25, 0.3) is 10.6 Å². The molecule has 3 rings (SSSR count). The van der Waals surface area contributed by atoms with Crippen molar-refractivity contribution < 1.29 is 9.53 Å². The van der Waals surface area contributed by atoms with Crippen molar-refractivity contribution in [2.45, 2.75) is 25.0 Å². The lowest BCUT2D eigenvalue weighted by Gasteiger charge is -2.34. The molecule has 1 amide bonds. The highest BCUT2D eigenvalue weighted by atomic mass is 35.5. The summed E-state index contributed by atoms with van der Waals surface area (Å²) in [6.45, 7) is 1.96. The number of methoxy groups -OCH3 is 1. The third kappa shape index (κ3) is 4.10. The minimum absolute atomic E-state index is 0. The number of nitrogens with one attached hydrogen (secondary N) is 2. The molecule has 8 heteroatoms. The van der Waals surface area contributed by atoms with Crippen LogP contribution < -0.4 is 10.6 Å². The fourth-order valence-corrected chi connectivity index (χ4v) is 3.48. The number of hydrogen-bond acceptors (Lipinski definition) is 6. The first-order chi connectivity index (χ1) is 11.2. The number of hydrogen-bond donors (Lipinski definition) is 2. The van der Waals surface area contributed by atoms with E-state index in [1.807, 2.05) is 30.3 Å². The van der Waals surface area contributed by atoms with Crippen LogP contribution in [0.4, 0.5) is 0 Å². The molecule has 0 spiro atoms. The van der Waals surface area contributed by atoms with Crippen molar-refractivity contribution in [3.8, 4) is 10.6 Å².